The molecule has 3 N–H and O–H groups in total. The number of hydrogen-bond donors (Lipinski definition) is 3. The highest BCUT2D eigenvalue weighted by Crippen LogP contribution is 2.31. The molecule has 5 rings (SSSR count). The summed E-state index contributed by atoms with van der Waals surface area (Å²) in [5.41, 5.74) is 1.21. The number of likely N-dealkylation sites (tertiary alicyclic amines) is 2. The molecule has 1 aromatic carbocycles. The summed E-state index contributed by atoms with van der Waals surface area (Å²) in [5, 5.41) is 9.22. The van der Waals surface area contributed by atoms with Crippen LogP contribution in [-0.4, -0.2) is 101 Å². The van der Waals surface area contributed by atoms with E-state index in [1.54, 1.807) is 25.7 Å². The Hall–Kier alpha value is -3.18. The van der Waals surface area contributed by atoms with Gasteiger partial charge >= 0.3 is 18.0 Å². The Morgan fingerprint density at radius 3 is 2.37 bits per heavy atom. The molecule has 11 nitrogen and oxygen atoms in total. The summed E-state index contributed by atoms with van der Waals surface area (Å²) in [6, 6.07) is 6.96. The quantitative estimate of drug-likeness (QED) is 0.431. The number of piperidine rings is 3. The van der Waals surface area contributed by atoms with Crippen molar-refractivity contribution in [3.05, 3.63) is 29.8 Å². The van der Waals surface area contributed by atoms with Gasteiger partial charge in [0.25, 0.3) is 0 Å². The average Bonchev–Trinajstić information content (AvgIpc) is 3.00. The third kappa shape index (κ3) is 7.32. The van der Waals surface area contributed by atoms with Gasteiger partial charge in [0.1, 0.15) is 5.60 Å². The molecule has 3 fully saturated rings. The second-order valence-electron chi connectivity index (χ2n) is 13.6. The predicted octanol–water partition coefficient (Wildman–Crippen LogP) is 3.59. The van der Waals surface area contributed by atoms with Gasteiger partial charge in [-0.1, -0.05) is 18.2 Å². The van der Waals surface area contributed by atoms with Crippen LogP contribution in [0.3, 0.4) is 0 Å². The number of carbonyl (C=O) groups excluding carboxylic acids is 4. The van der Waals surface area contributed by atoms with Crippen molar-refractivity contribution < 1.29 is 28.4 Å². The summed E-state index contributed by atoms with van der Waals surface area (Å²) in [4.78, 5) is 57.7. The Morgan fingerprint density at radius 2 is 1.70 bits per heavy atom. The SMILES string of the molecule is CC(C)(C)OC(=O)NC(CC(=O)N1CCC(N2Cc3ccccc3NC2=O)CC1)C(=O)[N+]1(C2CCNCC2)CCCCC1. The fourth-order valence-corrected chi connectivity index (χ4v) is 7.35. The normalized spacial score (nSPS) is 22.3. The zero-order valence-corrected chi connectivity index (χ0v) is 26.0. The molecule has 0 radical (unpaired) electrons. The maximum atomic E-state index is 14.5. The molecule has 3 saturated heterocycles. The van der Waals surface area contributed by atoms with Crippen LogP contribution in [0.1, 0.15) is 77.7 Å². The zero-order valence-electron chi connectivity index (χ0n) is 26.0. The van der Waals surface area contributed by atoms with Crippen LogP contribution >= 0.6 is 0 Å². The highest BCUT2D eigenvalue weighted by molar-refractivity contribution is 5.92. The molecule has 4 heterocycles. The molecular weight excluding hydrogens is 548 g/mol. The van der Waals surface area contributed by atoms with E-state index in [-0.39, 0.29) is 36.3 Å². The van der Waals surface area contributed by atoms with Crippen LogP contribution in [0.4, 0.5) is 15.3 Å². The van der Waals surface area contributed by atoms with E-state index < -0.39 is 17.7 Å². The van der Waals surface area contributed by atoms with Crippen LogP contribution in [-0.2, 0) is 20.9 Å². The molecule has 11 heteroatoms. The molecule has 0 aliphatic carbocycles. The minimum atomic E-state index is -0.961. The topological polar surface area (TPSA) is 120 Å². The van der Waals surface area contributed by atoms with Crippen LogP contribution in [0.5, 0.6) is 0 Å². The van der Waals surface area contributed by atoms with Crippen molar-refractivity contribution in [1.29, 1.82) is 0 Å². The van der Waals surface area contributed by atoms with Crippen molar-refractivity contribution in [2.45, 2.75) is 102 Å². The van der Waals surface area contributed by atoms with Gasteiger partial charge in [-0.3, -0.25) is 9.28 Å². The van der Waals surface area contributed by atoms with Gasteiger partial charge in [-0.05, 0) is 64.5 Å². The summed E-state index contributed by atoms with van der Waals surface area (Å²) in [7, 11) is 0. The van der Waals surface area contributed by atoms with E-state index in [9.17, 15) is 19.2 Å². The molecule has 43 heavy (non-hydrogen) atoms. The Labute approximate surface area is 255 Å². The van der Waals surface area contributed by atoms with E-state index in [0.717, 1.165) is 69.5 Å². The zero-order chi connectivity index (χ0) is 30.6. The summed E-state index contributed by atoms with van der Waals surface area (Å²) in [6.45, 7) is 10.1. The van der Waals surface area contributed by atoms with Crippen molar-refractivity contribution in [3.63, 3.8) is 0 Å². The number of nitrogens with one attached hydrogen (secondary N) is 3. The highest BCUT2D eigenvalue weighted by atomic mass is 16.6. The lowest BCUT2D eigenvalue weighted by atomic mass is 9.94. The fraction of sp³-hybridized carbons (Fsp3) is 0.688. The van der Waals surface area contributed by atoms with Gasteiger partial charge in [-0.2, -0.15) is 0 Å². The number of hydrogen-bond acceptors (Lipinski definition) is 6. The van der Waals surface area contributed by atoms with Gasteiger partial charge in [0.05, 0.1) is 25.6 Å². The third-order valence-corrected chi connectivity index (χ3v) is 9.55. The van der Waals surface area contributed by atoms with Crippen molar-refractivity contribution in [2.24, 2.45) is 0 Å². The summed E-state index contributed by atoms with van der Waals surface area (Å²) in [5.74, 6) is -0.217. The number of para-hydroxylation sites is 1. The lowest BCUT2D eigenvalue weighted by molar-refractivity contribution is -0.886. The first kappa shape index (κ1) is 31.3. The number of amides is 5. The number of urea groups is 1. The molecule has 4 aliphatic heterocycles. The monoisotopic (exact) mass is 597 g/mol. The second kappa shape index (κ2) is 13.2. The van der Waals surface area contributed by atoms with Gasteiger partial charge in [0.2, 0.25) is 5.91 Å². The van der Waals surface area contributed by atoms with Crippen molar-refractivity contribution in [3.8, 4) is 0 Å². The van der Waals surface area contributed by atoms with Gasteiger partial charge in [-0.15, -0.1) is 0 Å². The van der Waals surface area contributed by atoms with Gasteiger partial charge < -0.3 is 30.5 Å². The van der Waals surface area contributed by atoms with Gasteiger partial charge in [0.15, 0.2) is 6.04 Å². The number of nitrogens with zero attached hydrogens (tertiary/aromatic N) is 3. The number of anilines is 1. The largest absolute Gasteiger partial charge is 0.444 e. The smallest absolute Gasteiger partial charge is 0.408 e. The van der Waals surface area contributed by atoms with Crippen molar-refractivity contribution >= 4 is 29.6 Å². The number of quaternary nitrogens is 1. The molecule has 1 aromatic rings. The third-order valence-electron chi connectivity index (χ3n) is 9.55. The molecule has 1 atom stereocenters. The summed E-state index contributed by atoms with van der Waals surface area (Å²) < 4.78 is 5.88. The van der Waals surface area contributed by atoms with E-state index >= 15 is 0 Å². The van der Waals surface area contributed by atoms with Gasteiger partial charge in [-0.25, -0.2) is 14.4 Å². The van der Waals surface area contributed by atoms with Crippen LogP contribution in [0, 0.1) is 0 Å². The van der Waals surface area contributed by atoms with E-state index in [4.69, 9.17) is 4.74 Å². The lowest BCUT2D eigenvalue weighted by Crippen LogP contribution is -2.68. The summed E-state index contributed by atoms with van der Waals surface area (Å²) in [6.07, 6.45) is 5.39. The fourth-order valence-electron chi connectivity index (χ4n) is 7.35. The predicted molar refractivity (Wildman–Crippen MR) is 163 cm³/mol. The first-order valence-electron chi connectivity index (χ1n) is 16.1. The molecule has 236 valence electrons. The number of rotatable bonds is 6. The minimum absolute atomic E-state index is 0.0248. The van der Waals surface area contributed by atoms with Crippen LogP contribution in [0.2, 0.25) is 0 Å². The number of carbonyl (C=O) groups is 4. The molecule has 5 amide bonds. The number of fused-ring (bicyclic) bond motifs is 1. The molecule has 1 unspecified atom stereocenters. The molecule has 0 aromatic heterocycles. The van der Waals surface area contributed by atoms with E-state index in [0.29, 0.717) is 37.0 Å². The van der Waals surface area contributed by atoms with Crippen LogP contribution in [0.25, 0.3) is 0 Å². The maximum absolute atomic E-state index is 14.5. The Bertz CT molecular complexity index is 1180. The second-order valence-corrected chi connectivity index (χ2v) is 13.6. The van der Waals surface area contributed by atoms with Crippen LogP contribution in [0.15, 0.2) is 24.3 Å². The summed E-state index contributed by atoms with van der Waals surface area (Å²) >= 11 is 0. The molecule has 0 saturated carbocycles. The lowest BCUT2D eigenvalue weighted by Gasteiger charge is -2.47. The van der Waals surface area contributed by atoms with Crippen molar-refractivity contribution in [1.82, 2.24) is 20.4 Å². The Balaban J connectivity index is 1.27. The van der Waals surface area contributed by atoms with E-state index in [1.807, 2.05) is 29.2 Å². The molecular formula is C32H49N6O5+. The number of ether oxygens (including phenoxy) is 1. The van der Waals surface area contributed by atoms with Crippen LogP contribution < -0.4 is 16.0 Å². The van der Waals surface area contributed by atoms with E-state index in [1.165, 1.54) is 0 Å². The molecule has 4 aliphatic rings. The maximum Gasteiger partial charge on any atom is 0.408 e. The molecule has 0 bridgehead atoms. The van der Waals surface area contributed by atoms with Crippen molar-refractivity contribution in [2.75, 3.05) is 44.6 Å². The Kier molecular flexibility index (Phi) is 9.60. The average molecular weight is 598 g/mol. The van der Waals surface area contributed by atoms with Gasteiger partial charge in [0, 0.05) is 57.3 Å². The first-order chi connectivity index (χ1) is 20.6. The first-order valence-corrected chi connectivity index (χ1v) is 16.1. The standard InChI is InChI=1S/C32H48N6O5/c1-32(2,3)43-31(42)35-27(29(40)38(19-7-4-8-20-38)25-11-15-33-16-12-25)21-28(39)36-17-13-24(14-18-36)37-22-23-9-5-6-10-26(23)34-30(37)41/h5-6,9-10,24-25,27,33H,4,7-8,11-22H2,1-3H3,(H-,34,35,41,42)/p+1. The highest BCUT2D eigenvalue weighted by Gasteiger charge is 2.49. The van der Waals surface area contributed by atoms with E-state index in [2.05, 4.69) is 16.0 Å². The number of alkyl carbamates (subject to hydrolysis) is 1. The minimum Gasteiger partial charge on any atom is -0.444 e. The molecule has 0 spiro atoms. The number of benzene rings is 1. The Morgan fingerprint density at radius 1 is 1.02 bits per heavy atom.